The van der Waals surface area contributed by atoms with E-state index in [0.29, 0.717) is 37.7 Å². The van der Waals surface area contributed by atoms with Crippen LogP contribution in [-0.4, -0.2) is 76.6 Å². The fourth-order valence-electron chi connectivity index (χ4n) is 5.57. The van der Waals surface area contributed by atoms with Gasteiger partial charge in [-0.2, -0.15) is 0 Å². The van der Waals surface area contributed by atoms with E-state index < -0.39 is 5.97 Å². The number of carbonyl (C=O) groups excluding carboxylic acids is 1. The lowest BCUT2D eigenvalue weighted by molar-refractivity contribution is -0.166. The number of epoxide rings is 2. The van der Waals surface area contributed by atoms with Gasteiger partial charge >= 0.3 is 5.97 Å². The summed E-state index contributed by atoms with van der Waals surface area (Å²) in [4.78, 5) is 12.8. The van der Waals surface area contributed by atoms with Gasteiger partial charge in [0.05, 0.1) is 32.3 Å². The molecular formula is C29H40O8. The number of carbonyl (C=O) groups is 1. The molecule has 2 heterocycles. The van der Waals surface area contributed by atoms with E-state index in [1.807, 2.05) is 18.2 Å². The van der Waals surface area contributed by atoms with Gasteiger partial charge in [0.2, 0.25) is 0 Å². The van der Waals surface area contributed by atoms with Crippen LogP contribution in [0.3, 0.4) is 0 Å². The number of methoxy groups -OCH3 is 3. The summed E-state index contributed by atoms with van der Waals surface area (Å²) in [6, 6.07) is 5.48. The Labute approximate surface area is 219 Å². The fraction of sp³-hybridized carbons (Fsp3) is 0.621. The van der Waals surface area contributed by atoms with E-state index in [-0.39, 0.29) is 35.4 Å². The number of esters is 1. The molecule has 1 aliphatic carbocycles. The predicted molar refractivity (Wildman–Crippen MR) is 139 cm³/mol. The van der Waals surface area contributed by atoms with Gasteiger partial charge in [-0.15, -0.1) is 0 Å². The molecule has 204 valence electrons. The van der Waals surface area contributed by atoms with Crippen LogP contribution in [0.4, 0.5) is 0 Å². The monoisotopic (exact) mass is 516 g/mol. The van der Waals surface area contributed by atoms with Crippen molar-refractivity contribution in [2.45, 2.75) is 69.5 Å². The van der Waals surface area contributed by atoms with Crippen LogP contribution in [0.1, 0.15) is 45.6 Å². The average molecular weight is 517 g/mol. The highest BCUT2D eigenvalue weighted by atomic mass is 16.6. The molecule has 0 aromatic heterocycles. The lowest BCUT2D eigenvalue weighted by atomic mass is 9.68. The summed E-state index contributed by atoms with van der Waals surface area (Å²) in [6.45, 7) is 7.91. The van der Waals surface area contributed by atoms with Gasteiger partial charge < -0.3 is 33.2 Å². The van der Waals surface area contributed by atoms with Crippen LogP contribution in [-0.2, 0) is 28.5 Å². The first-order valence-electron chi connectivity index (χ1n) is 12.9. The molecule has 4 unspecified atom stereocenters. The molecule has 37 heavy (non-hydrogen) atoms. The Bertz CT molecular complexity index is 1010. The smallest absolute Gasteiger partial charge is 0.331 e. The molecule has 3 fully saturated rings. The second kappa shape index (κ2) is 11.6. The van der Waals surface area contributed by atoms with Gasteiger partial charge in [-0.3, -0.25) is 0 Å². The van der Waals surface area contributed by atoms with Gasteiger partial charge in [-0.25, -0.2) is 4.79 Å². The normalized spacial score (nSPS) is 32.3. The number of benzene rings is 1. The third kappa shape index (κ3) is 6.20. The van der Waals surface area contributed by atoms with Gasteiger partial charge in [0.15, 0.2) is 11.5 Å². The molecule has 3 aliphatic rings. The van der Waals surface area contributed by atoms with Crippen LogP contribution in [0.2, 0.25) is 0 Å². The maximum atomic E-state index is 12.8. The van der Waals surface area contributed by atoms with E-state index in [2.05, 4.69) is 26.8 Å². The first-order valence-corrected chi connectivity index (χ1v) is 12.9. The lowest BCUT2D eigenvalue weighted by Crippen LogP contribution is -2.55. The molecule has 1 aromatic rings. The van der Waals surface area contributed by atoms with Crippen LogP contribution >= 0.6 is 0 Å². The molecule has 1 spiro atoms. The minimum Gasteiger partial charge on any atom is -0.493 e. The molecule has 0 bridgehead atoms. The molecule has 1 aromatic carbocycles. The second-order valence-corrected chi connectivity index (χ2v) is 10.4. The summed E-state index contributed by atoms with van der Waals surface area (Å²) >= 11 is 0. The number of ether oxygens (including phenoxy) is 7. The zero-order valence-corrected chi connectivity index (χ0v) is 22.8. The van der Waals surface area contributed by atoms with E-state index >= 15 is 0 Å². The highest BCUT2D eigenvalue weighted by molar-refractivity contribution is 5.87. The standard InChI is InChI=1S/C29H40O8/c1-19(2)7-11-24-28(3,37-24)27-26(33-6)22(13-14-29(27)18-35-29)36-25(30)12-9-20-8-10-21(23(17-20)32-5)34-16-15-31-4/h7-10,12,17,22,24,26-27H,11,13-16,18H2,1-6H3/b12-9+/t22-,24?,26-,27?,28?,29?/m1/s1. The molecule has 2 saturated heterocycles. The fourth-order valence-corrected chi connectivity index (χ4v) is 5.57. The minimum atomic E-state index is -0.416. The summed E-state index contributed by atoms with van der Waals surface area (Å²) in [5, 5.41) is 0. The predicted octanol–water partition coefficient (Wildman–Crippen LogP) is 4.35. The quantitative estimate of drug-likeness (QED) is 0.133. The van der Waals surface area contributed by atoms with Crippen molar-refractivity contribution in [2.75, 3.05) is 41.2 Å². The van der Waals surface area contributed by atoms with Gasteiger partial charge in [-0.1, -0.05) is 17.7 Å². The topological polar surface area (TPSA) is 88.3 Å². The third-order valence-electron chi connectivity index (χ3n) is 7.65. The zero-order valence-electron chi connectivity index (χ0n) is 22.8. The largest absolute Gasteiger partial charge is 0.493 e. The Morgan fingerprint density at radius 2 is 1.95 bits per heavy atom. The SMILES string of the molecule is COCCOc1ccc(/C=C/C(=O)O[C@@H]2CCC3(CO3)C(C3(C)OC3CC=C(C)C)[C@@H]2OC)cc1OC. The van der Waals surface area contributed by atoms with Crippen molar-refractivity contribution in [3.63, 3.8) is 0 Å². The van der Waals surface area contributed by atoms with Gasteiger partial charge in [-0.05, 0) is 63.8 Å². The van der Waals surface area contributed by atoms with Crippen molar-refractivity contribution in [1.29, 1.82) is 0 Å². The molecule has 0 radical (unpaired) electrons. The molecule has 0 N–H and O–H groups in total. The maximum absolute atomic E-state index is 12.8. The van der Waals surface area contributed by atoms with Crippen molar-refractivity contribution >= 4 is 12.0 Å². The van der Waals surface area contributed by atoms with Gasteiger partial charge in [0, 0.05) is 20.3 Å². The molecule has 1 saturated carbocycles. The molecule has 8 nitrogen and oxygen atoms in total. The third-order valence-corrected chi connectivity index (χ3v) is 7.65. The van der Waals surface area contributed by atoms with E-state index in [1.165, 1.54) is 11.6 Å². The second-order valence-electron chi connectivity index (χ2n) is 10.4. The van der Waals surface area contributed by atoms with Crippen LogP contribution in [0, 0.1) is 5.92 Å². The van der Waals surface area contributed by atoms with Crippen molar-refractivity contribution in [1.82, 2.24) is 0 Å². The van der Waals surface area contributed by atoms with Crippen LogP contribution in [0.15, 0.2) is 35.9 Å². The van der Waals surface area contributed by atoms with E-state index in [0.717, 1.165) is 18.4 Å². The Hall–Kier alpha value is -2.39. The Balaban J connectivity index is 1.41. The minimum absolute atomic E-state index is 0.00833. The molecule has 4 rings (SSSR count). The molecule has 6 atom stereocenters. The van der Waals surface area contributed by atoms with E-state index in [4.69, 9.17) is 33.2 Å². The molecule has 0 amide bonds. The Morgan fingerprint density at radius 3 is 2.59 bits per heavy atom. The van der Waals surface area contributed by atoms with Crippen LogP contribution in [0.5, 0.6) is 11.5 Å². The summed E-state index contributed by atoms with van der Waals surface area (Å²) in [7, 11) is 4.88. The summed E-state index contributed by atoms with van der Waals surface area (Å²) in [6.07, 6.45) is 7.13. The van der Waals surface area contributed by atoms with Gasteiger partial charge in [0.1, 0.15) is 30.0 Å². The summed E-state index contributed by atoms with van der Waals surface area (Å²) in [5.41, 5.74) is 1.45. The van der Waals surface area contributed by atoms with Crippen molar-refractivity contribution in [3.05, 3.63) is 41.5 Å². The number of hydrogen-bond donors (Lipinski definition) is 0. The maximum Gasteiger partial charge on any atom is 0.331 e. The highest BCUT2D eigenvalue weighted by Crippen LogP contribution is 2.59. The number of allylic oxidation sites excluding steroid dienone is 1. The summed E-state index contributed by atoms with van der Waals surface area (Å²) < 4.78 is 40.2. The number of hydrogen-bond acceptors (Lipinski definition) is 8. The highest BCUT2D eigenvalue weighted by Gasteiger charge is 2.72. The number of rotatable bonds is 12. The van der Waals surface area contributed by atoms with Crippen molar-refractivity contribution < 1.29 is 38.0 Å². The van der Waals surface area contributed by atoms with Crippen LogP contribution in [0.25, 0.3) is 6.08 Å². The first kappa shape index (κ1) is 27.6. The molecule has 2 aliphatic heterocycles. The average Bonchev–Trinajstić information content (AvgIpc) is 3.80. The first-order chi connectivity index (χ1) is 17.8. The molecular weight excluding hydrogens is 476 g/mol. The van der Waals surface area contributed by atoms with Crippen LogP contribution < -0.4 is 9.47 Å². The Kier molecular flexibility index (Phi) is 8.63. The molecule has 8 heteroatoms. The van der Waals surface area contributed by atoms with Crippen molar-refractivity contribution in [3.8, 4) is 11.5 Å². The van der Waals surface area contributed by atoms with Gasteiger partial charge in [0.25, 0.3) is 0 Å². The Morgan fingerprint density at radius 1 is 1.16 bits per heavy atom. The van der Waals surface area contributed by atoms with E-state index in [1.54, 1.807) is 27.4 Å². The zero-order chi connectivity index (χ0) is 26.6. The van der Waals surface area contributed by atoms with Crippen molar-refractivity contribution in [2.24, 2.45) is 5.92 Å². The van der Waals surface area contributed by atoms with E-state index in [9.17, 15) is 4.79 Å². The lowest BCUT2D eigenvalue weighted by Gasteiger charge is -2.42. The summed E-state index contributed by atoms with van der Waals surface area (Å²) in [5.74, 6) is 0.772.